The van der Waals surface area contributed by atoms with Crippen LogP contribution in [0.2, 0.25) is 5.02 Å². The standard InChI is InChI=1S/C15H19ClN2O2S/c1-10(21-13-6-2-5-12(16)8-13)15(20)18-7-3-4-11(9-18)14(17)19/h2,5-6,8,10-11H,3-4,7,9H2,1H3,(H2,17,19)/t10-,11-/m1/s1. The molecular formula is C15H19ClN2O2S. The van der Waals surface area contributed by atoms with E-state index in [1.807, 2.05) is 25.1 Å². The van der Waals surface area contributed by atoms with Gasteiger partial charge in [-0.05, 0) is 38.0 Å². The average Bonchev–Trinajstić information content (AvgIpc) is 2.46. The molecule has 0 spiro atoms. The van der Waals surface area contributed by atoms with E-state index >= 15 is 0 Å². The van der Waals surface area contributed by atoms with Gasteiger partial charge in [-0.2, -0.15) is 0 Å². The van der Waals surface area contributed by atoms with Crippen molar-refractivity contribution in [3.63, 3.8) is 0 Å². The Morgan fingerprint density at radius 1 is 1.48 bits per heavy atom. The number of likely N-dealkylation sites (tertiary alicyclic amines) is 1. The second-order valence-electron chi connectivity index (χ2n) is 5.24. The summed E-state index contributed by atoms with van der Waals surface area (Å²) in [6.45, 7) is 3.01. The molecular weight excluding hydrogens is 308 g/mol. The molecule has 1 fully saturated rings. The number of nitrogens with zero attached hydrogens (tertiary/aromatic N) is 1. The van der Waals surface area contributed by atoms with E-state index in [1.54, 1.807) is 11.0 Å². The highest BCUT2D eigenvalue weighted by Gasteiger charge is 2.29. The zero-order chi connectivity index (χ0) is 15.4. The molecule has 0 aliphatic carbocycles. The molecule has 4 nitrogen and oxygen atoms in total. The molecule has 0 bridgehead atoms. The number of rotatable bonds is 4. The number of benzene rings is 1. The van der Waals surface area contributed by atoms with Crippen molar-refractivity contribution in [2.75, 3.05) is 13.1 Å². The van der Waals surface area contributed by atoms with Gasteiger partial charge < -0.3 is 10.6 Å². The molecule has 2 rings (SSSR count). The van der Waals surface area contributed by atoms with Gasteiger partial charge in [0.1, 0.15) is 0 Å². The van der Waals surface area contributed by atoms with Crippen molar-refractivity contribution in [1.29, 1.82) is 0 Å². The van der Waals surface area contributed by atoms with Crippen LogP contribution in [0.1, 0.15) is 19.8 Å². The number of nitrogens with two attached hydrogens (primary N) is 1. The third-order valence-corrected chi connectivity index (χ3v) is 4.91. The fourth-order valence-electron chi connectivity index (χ4n) is 2.46. The predicted molar refractivity (Wildman–Crippen MR) is 85.3 cm³/mol. The lowest BCUT2D eigenvalue weighted by molar-refractivity contribution is -0.134. The van der Waals surface area contributed by atoms with Crippen LogP contribution in [0.5, 0.6) is 0 Å². The van der Waals surface area contributed by atoms with E-state index < -0.39 is 0 Å². The van der Waals surface area contributed by atoms with Crippen molar-refractivity contribution in [2.24, 2.45) is 11.7 Å². The van der Waals surface area contributed by atoms with Gasteiger partial charge in [0, 0.05) is 23.0 Å². The topological polar surface area (TPSA) is 63.4 Å². The fraction of sp³-hybridized carbons (Fsp3) is 0.467. The summed E-state index contributed by atoms with van der Waals surface area (Å²) in [5.41, 5.74) is 5.35. The number of piperidine rings is 1. The zero-order valence-corrected chi connectivity index (χ0v) is 13.5. The molecule has 1 aliphatic rings. The van der Waals surface area contributed by atoms with Crippen LogP contribution in [0.4, 0.5) is 0 Å². The normalized spacial score (nSPS) is 20.1. The van der Waals surface area contributed by atoms with E-state index in [2.05, 4.69) is 0 Å². The van der Waals surface area contributed by atoms with E-state index in [9.17, 15) is 9.59 Å². The Kier molecular flexibility index (Phi) is 5.53. The SMILES string of the molecule is C[C@@H](Sc1cccc(Cl)c1)C(=O)N1CCC[C@@H](C(N)=O)C1. The number of carbonyl (C=O) groups excluding carboxylic acids is 2. The first-order valence-electron chi connectivity index (χ1n) is 6.97. The Hall–Kier alpha value is -1.20. The van der Waals surface area contributed by atoms with Crippen LogP contribution in [-0.2, 0) is 9.59 Å². The Morgan fingerprint density at radius 2 is 2.24 bits per heavy atom. The van der Waals surface area contributed by atoms with Crippen LogP contribution in [-0.4, -0.2) is 35.1 Å². The Morgan fingerprint density at radius 3 is 2.90 bits per heavy atom. The van der Waals surface area contributed by atoms with Crippen molar-refractivity contribution in [3.8, 4) is 0 Å². The molecule has 2 amide bonds. The Labute approximate surface area is 134 Å². The van der Waals surface area contributed by atoms with E-state index in [-0.39, 0.29) is 23.0 Å². The van der Waals surface area contributed by atoms with Crippen LogP contribution in [0.15, 0.2) is 29.2 Å². The fourth-order valence-corrected chi connectivity index (χ4v) is 3.73. The summed E-state index contributed by atoms with van der Waals surface area (Å²) >= 11 is 7.43. The van der Waals surface area contributed by atoms with Crippen molar-refractivity contribution in [1.82, 2.24) is 4.90 Å². The summed E-state index contributed by atoms with van der Waals surface area (Å²) in [4.78, 5) is 26.5. The largest absolute Gasteiger partial charge is 0.369 e. The van der Waals surface area contributed by atoms with Gasteiger partial charge in [0.25, 0.3) is 0 Å². The molecule has 0 aromatic heterocycles. The number of thioether (sulfide) groups is 1. The number of hydrogen-bond acceptors (Lipinski definition) is 3. The summed E-state index contributed by atoms with van der Waals surface area (Å²) in [7, 11) is 0. The van der Waals surface area contributed by atoms with Crippen molar-refractivity contribution in [3.05, 3.63) is 29.3 Å². The van der Waals surface area contributed by atoms with E-state index in [4.69, 9.17) is 17.3 Å². The molecule has 1 aromatic rings. The Balaban J connectivity index is 1.97. The van der Waals surface area contributed by atoms with E-state index in [1.165, 1.54) is 11.8 Å². The summed E-state index contributed by atoms with van der Waals surface area (Å²) in [5.74, 6) is -0.486. The van der Waals surface area contributed by atoms with Crippen molar-refractivity contribution in [2.45, 2.75) is 29.9 Å². The summed E-state index contributed by atoms with van der Waals surface area (Å²) in [5, 5.41) is 0.446. The maximum atomic E-state index is 12.5. The highest BCUT2D eigenvalue weighted by atomic mass is 35.5. The molecule has 1 heterocycles. The van der Waals surface area contributed by atoms with Gasteiger partial charge in [0.05, 0.1) is 11.2 Å². The van der Waals surface area contributed by atoms with Gasteiger partial charge in [-0.1, -0.05) is 17.7 Å². The number of hydrogen-bond donors (Lipinski definition) is 1. The summed E-state index contributed by atoms with van der Waals surface area (Å²) < 4.78 is 0. The second kappa shape index (κ2) is 7.18. The minimum atomic E-state index is -0.317. The molecule has 6 heteroatoms. The summed E-state index contributed by atoms with van der Waals surface area (Å²) in [6, 6.07) is 7.45. The van der Waals surface area contributed by atoms with Crippen LogP contribution in [0, 0.1) is 5.92 Å². The first-order chi connectivity index (χ1) is 9.97. The van der Waals surface area contributed by atoms with Gasteiger partial charge in [-0.15, -0.1) is 11.8 Å². The third kappa shape index (κ3) is 4.38. The second-order valence-corrected chi connectivity index (χ2v) is 7.09. The number of carbonyl (C=O) groups is 2. The van der Waals surface area contributed by atoms with Crippen LogP contribution >= 0.6 is 23.4 Å². The first-order valence-corrected chi connectivity index (χ1v) is 8.23. The van der Waals surface area contributed by atoms with Crippen LogP contribution in [0.3, 0.4) is 0 Å². The molecule has 2 atom stereocenters. The quantitative estimate of drug-likeness (QED) is 0.865. The van der Waals surface area contributed by atoms with Crippen molar-refractivity contribution >= 4 is 35.2 Å². The first kappa shape index (κ1) is 16.2. The molecule has 1 aromatic carbocycles. The van der Waals surface area contributed by atoms with Gasteiger partial charge in [0.15, 0.2) is 0 Å². The molecule has 1 saturated heterocycles. The molecule has 0 unspecified atom stereocenters. The Bertz CT molecular complexity index is 538. The molecule has 114 valence electrons. The van der Waals surface area contributed by atoms with Crippen molar-refractivity contribution < 1.29 is 9.59 Å². The molecule has 2 N–H and O–H groups in total. The lowest BCUT2D eigenvalue weighted by atomic mass is 9.97. The van der Waals surface area contributed by atoms with E-state index in [0.717, 1.165) is 17.7 Å². The smallest absolute Gasteiger partial charge is 0.235 e. The minimum absolute atomic E-state index is 0.0472. The monoisotopic (exact) mass is 326 g/mol. The van der Waals surface area contributed by atoms with Gasteiger partial charge in [-0.3, -0.25) is 9.59 Å². The highest BCUT2D eigenvalue weighted by Crippen LogP contribution is 2.28. The minimum Gasteiger partial charge on any atom is -0.369 e. The van der Waals surface area contributed by atoms with Crippen LogP contribution < -0.4 is 5.73 Å². The van der Waals surface area contributed by atoms with Gasteiger partial charge >= 0.3 is 0 Å². The highest BCUT2D eigenvalue weighted by molar-refractivity contribution is 8.00. The van der Waals surface area contributed by atoms with Gasteiger partial charge in [0.2, 0.25) is 11.8 Å². The molecule has 21 heavy (non-hydrogen) atoms. The number of halogens is 1. The maximum absolute atomic E-state index is 12.5. The van der Waals surface area contributed by atoms with Crippen LogP contribution in [0.25, 0.3) is 0 Å². The molecule has 0 saturated carbocycles. The number of primary amides is 1. The average molecular weight is 327 g/mol. The predicted octanol–water partition coefficient (Wildman–Crippen LogP) is 2.54. The molecule has 0 radical (unpaired) electrons. The van der Waals surface area contributed by atoms with E-state index in [0.29, 0.717) is 18.1 Å². The summed E-state index contributed by atoms with van der Waals surface area (Å²) in [6.07, 6.45) is 1.60. The lowest BCUT2D eigenvalue weighted by Gasteiger charge is -2.32. The maximum Gasteiger partial charge on any atom is 0.235 e. The zero-order valence-electron chi connectivity index (χ0n) is 11.9. The van der Waals surface area contributed by atoms with Gasteiger partial charge in [-0.25, -0.2) is 0 Å². The number of amides is 2. The molecule has 1 aliphatic heterocycles. The third-order valence-electron chi connectivity index (χ3n) is 3.59. The lowest BCUT2D eigenvalue weighted by Crippen LogP contribution is -2.46.